The summed E-state index contributed by atoms with van der Waals surface area (Å²) in [5, 5.41) is 5.62. The Kier molecular flexibility index (Phi) is 7.90. The Labute approximate surface area is 187 Å². The molecule has 1 fully saturated rings. The zero-order valence-electron chi connectivity index (χ0n) is 18.5. The molecule has 3 unspecified atom stereocenters. The number of nitrogens with zero attached hydrogens (tertiary/aromatic N) is 1. The van der Waals surface area contributed by atoms with E-state index in [9.17, 15) is 9.59 Å². The Balaban J connectivity index is 1.55. The van der Waals surface area contributed by atoms with E-state index in [-0.39, 0.29) is 18.4 Å². The fourth-order valence-corrected chi connectivity index (χ4v) is 4.58. The van der Waals surface area contributed by atoms with Gasteiger partial charge in [0.1, 0.15) is 5.01 Å². The van der Waals surface area contributed by atoms with Gasteiger partial charge in [0.15, 0.2) is 17.6 Å². The summed E-state index contributed by atoms with van der Waals surface area (Å²) in [6, 6.07) is 5.71. The van der Waals surface area contributed by atoms with Crippen LogP contribution in [0.5, 0.6) is 11.5 Å². The first-order chi connectivity index (χ1) is 14.9. The highest BCUT2D eigenvalue weighted by atomic mass is 32.1. The molecule has 1 aliphatic rings. The van der Waals surface area contributed by atoms with E-state index in [0.29, 0.717) is 23.1 Å². The topological polar surface area (TPSA) is 86.8 Å². The standard InChI is InChI=1S/C23H30N2O5S/c1-14-7-5-6-8-18(14)25-22(27)15(2)30-21(26)12-17-13-31-23(24-17)16-9-10-19(28-3)20(11-16)29-4/h9-11,13-15,18H,5-8,12H2,1-4H3,(H,25,27). The summed E-state index contributed by atoms with van der Waals surface area (Å²) in [7, 11) is 3.17. The monoisotopic (exact) mass is 446 g/mol. The number of carbonyl (C=O) groups excluding carboxylic acids is 2. The maximum absolute atomic E-state index is 12.4. The normalized spacial score (nSPS) is 19.4. The van der Waals surface area contributed by atoms with Gasteiger partial charge in [-0.3, -0.25) is 9.59 Å². The van der Waals surface area contributed by atoms with E-state index in [1.54, 1.807) is 21.1 Å². The average molecular weight is 447 g/mol. The largest absolute Gasteiger partial charge is 0.493 e. The minimum Gasteiger partial charge on any atom is -0.493 e. The van der Waals surface area contributed by atoms with Crippen LogP contribution in [0.4, 0.5) is 0 Å². The van der Waals surface area contributed by atoms with Crippen LogP contribution in [0.3, 0.4) is 0 Å². The zero-order chi connectivity index (χ0) is 22.4. The lowest BCUT2D eigenvalue weighted by Crippen LogP contribution is -2.46. The van der Waals surface area contributed by atoms with E-state index in [2.05, 4.69) is 17.2 Å². The second-order valence-corrected chi connectivity index (χ2v) is 8.76. The number of thiazole rings is 1. The molecule has 2 aromatic rings. The van der Waals surface area contributed by atoms with Crippen LogP contribution >= 0.6 is 11.3 Å². The molecule has 31 heavy (non-hydrogen) atoms. The first-order valence-corrected chi connectivity index (χ1v) is 11.5. The number of aromatic nitrogens is 1. The van der Waals surface area contributed by atoms with Crippen molar-refractivity contribution < 1.29 is 23.8 Å². The van der Waals surface area contributed by atoms with E-state index < -0.39 is 12.1 Å². The third-order valence-electron chi connectivity index (χ3n) is 5.62. The maximum atomic E-state index is 12.4. The Morgan fingerprint density at radius 1 is 1.19 bits per heavy atom. The summed E-state index contributed by atoms with van der Waals surface area (Å²) in [6.45, 7) is 3.76. The fraction of sp³-hybridized carbons (Fsp3) is 0.522. The van der Waals surface area contributed by atoms with Gasteiger partial charge in [0.05, 0.1) is 26.3 Å². The molecule has 3 atom stereocenters. The highest BCUT2D eigenvalue weighted by molar-refractivity contribution is 7.13. The molecule has 0 aliphatic heterocycles. The van der Waals surface area contributed by atoms with Gasteiger partial charge < -0.3 is 19.5 Å². The van der Waals surface area contributed by atoms with Crippen molar-refractivity contribution in [3.8, 4) is 22.1 Å². The first kappa shape index (κ1) is 23.1. The molecule has 1 aromatic carbocycles. The smallest absolute Gasteiger partial charge is 0.312 e. The molecule has 0 saturated heterocycles. The van der Waals surface area contributed by atoms with Crippen molar-refractivity contribution in [2.45, 2.75) is 58.1 Å². The number of benzene rings is 1. The van der Waals surface area contributed by atoms with Crippen molar-refractivity contribution in [1.82, 2.24) is 10.3 Å². The first-order valence-electron chi connectivity index (χ1n) is 10.6. The molecule has 1 heterocycles. The molecule has 0 bridgehead atoms. The SMILES string of the molecule is COc1ccc(-c2nc(CC(=O)OC(C)C(=O)NC3CCCCC3C)cs2)cc1OC. The highest BCUT2D eigenvalue weighted by Gasteiger charge is 2.26. The molecule has 1 aliphatic carbocycles. The molecule has 7 nitrogen and oxygen atoms in total. The van der Waals surface area contributed by atoms with Crippen molar-refractivity contribution >= 4 is 23.2 Å². The minimum absolute atomic E-state index is 0.0151. The van der Waals surface area contributed by atoms with Crippen LogP contribution in [0.25, 0.3) is 10.6 Å². The molecular weight excluding hydrogens is 416 g/mol. The summed E-state index contributed by atoms with van der Waals surface area (Å²) < 4.78 is 15.9. The Morgan fingerprint density at radius 3 is 2.65 bits per heavy atom. The second kappa shape index (κ2) is 10.6. The van der Waals surface area contributed by atoms with E-state index in [4.69, 9.17) is 14.2 Å². The summed E-state index contributed by atoms with van der Waals surface area (Å²) in [6.07, 6.45) is 3.61. The molecule has 0 radical (unpaired) electrons. The van der Waals surface area contributed by atoms with Crippen LogP contribution in [0.1, 0.15) is 45.2 Å². The maximum Gasteiger partial charge on any atom is 0.312 e. The molecule has 1 saturated carbocycles. The number of esters is 1. The lowest BCUT2D eigenvalue weighted by molar-refractivity contribution is -0.154. The van der Waals surface area contributed by atoms with Crippen LogP contribution < -0.4 is 14.8 Å². The summed E-state index contributed by atoms with van der Waals surface area (Å²) in [5.74, 6) is 0.996. The second-order valence-electron chi connectivity index (χ2n) is 7.90. The molecule has 3 rings (SSSR count). The van der Waals surface area contributed by atoms with Gasteiger partial charge in [-0.25, -0.2) is 4.98 Å². The van der Waals surface area contributed by atoms with E-state index in [0.717, 1.165) is 29.8 Å². The third-order valence-corrected chi connectivity index (χ3v) is 6.56. The number of rotatable bonds is 8. The van der Waals surface area contributed by atoms with Crippen LogP contribution in [-0.4, -0.2) is 43.2 Å². The number of hydrogen-bond donors (Lipinski definition) is 1. The van der Waals surface area contributed by atoms with Gasteiger partial charge in [0.25, 0.3) is 5.91 Å². The molecule has 1 aromatic heterocycles. The predicted octanol–water partition coefficient (Wildman–Crippen LogP) is 4.00. The van der Waals surface area contributed by atoms with Gasteiger partial charge >= 0.3 is 5.97 Å². The van der Waals surface area contributed by atoms with Crippen molar-refractivity contribution in [3.63, 3.8) is 0 Å². The fourth-order valence-electron chi connectivity index (χ4n) is 3.76. The summed E-state index contributed by atoms with van der Waals surface area (Å²) >= 11 is 1.43. The van der Waals surface area contributed by atoms with Crippen LogP contribution in [0, 0.1) is 5.92 Å². The van der Waals surface area contributed by atoms with Crippen LogP contribution in [0.15, 0.2) is 23.6 Å². The summed E-state index contributed by atoms with van der Waals surface area (Å²) in [5.41, 5.74) is 1.48. The number of amides is 1. The van der Waals surface area contributed by atoms with Crippen LogP contribution in [0.2, 0.25) is 0 Å². The number of carbonyl (C=O) groups is 2. The third kappa shape index (κ3) is 5.97. The quantitative estimate of drug-likeness (QED) is 0.617. The average Bonchev–Trinajstić information content (AvgIpc) is 3.22. The summed E-state index contributed by atoms with van der Waals surface area (Å²) in [4.78, 5) is 29.3. The molecule has 8 heteroatoms. The Bertz CT molecular complexity index is 913. The van der Waals surface area contributed by atoms with Crippen LogP contribution in [-0.2, 0) is 20.7 Å². The number of methoxy groups -OCH3 is 2. The van der Waals surface area contributed by atoms with Crippen molar-refractivity contribution in [2.24, 2.45) is 5.92 Å². The van der Waals surface area contributed by atoms with Crippen molar-refractivity contribution in [3.05, 3.63) is 29.3 Å². The van der Waals surface area contributed by atoms with Gasteiger partial charge in [0, 0.05) is 17.0 Å². The zero-order valence-corrected chi connectivity index (χ0v) is 19.3. The van der Waals surface area contributed by atoms with E-state index in [1.807, 2.05) is 23.6 Å². The van der Waals surface area contributed by atoms with Gasteiger partial charge in [-0.15, -0.1) is 11.3 Å². The number of nitrogens with one attached hydrogen (secondary N) is 1. The highest BCUT2D eigenvalue weighted by Crippen LogP contribution is 2.33. The minimum atomic E-state index is -0.828. The van der Waals surface area contributed by atoms with E-state index >= 15 is 0 Å². The molecule has 0 spiro atoms. The number of ether oxygens (including phenoxy) is 3. The molecular formula is C23H30N2O5S. The van der Waals surface area contributed by atoms with Gasteiger partial charge in [-0.1, -0.05) is 19.8 Å². The van der Waals surface area contributed by atoms with Gasteiger partial charge in [-0.2, -0.15) is 0 Å². The lowest BCUT2D eigenvalue weighted by atomic mass is 9.86. The van der Waals surface area contributed by atoms with Crippen molar-refractivity contribution in [1.29, 1.82) is 0 Å². The van der Waals surface area contributed by atoms with Crippen molar-refractivity contribution in [2.75, 3.05) is 14.2 Å². The van der Waals surface area contributed by atoms with Gasteiger partial charge in [-0.05, 0) is 43.9 Å². The number of hydrogen-bond acceptors (Lipinski definition) is 7. The molecule has 1 N–H and O–H groups in total. The molecule has 1 amide bonds. The molecule has 168 valence electrons. The lowest BCUT2D eigenvalue weighted by Gasteiger charge is -2.30. The Hall–Kier alpha value is -2.61. The Morgan fingerprint density at radius 2 is 1.94 bits per heavy atom. The van der Waals surface area contributed by atoms with Gasteiger partial charge in [0.2, 0.25) is 0 Å². The predicted molar refractivity (Wildman–Crippen MR) is 119 cm³/mol. The van der Waals surface area contributed by atoms with E-state index in [1.165, 1.54) is 17.8 Å².